The van der Waals surface area contributed by atoms with Gasteiger partial charge in [0.05, 0.1) is 34.8 Å². The number of amides is 5. The van der Waals surface area contributed by atoms with Crippen molar-refractivity contribution in [2.75, 3.05) is 5.32 Å². The maximum absolute atomic E-state index is 13.3. The molecule has 2 aliphatic heterocycles. The van der Waals surface area contributed by atoms with Gasteiger partial charge in [0, 0.05) is 18.2 Å². The molecule has 5 amide bonds. The Labute approximate surface area is 235 Å². The van der Waals surface area contributed by atoms with Gasteiger partial charge in [-0.3, -0.25) is 38.9 Å². The van der Waals surface area contributed by atoms with E-state index in [1.807, 2.05) is 0 Å². The first kappa shape index (κ1) is 28.1. The second-order valence-corrected chi connectivity index (χ2v) is 10.1. The summed E-state index contributed by atoms with van der Waals surface area (Å²) in [6.07, 6.45) is -1.02. The largest absolute Gasteiger partial charge is 0.419 e. The van der Waals surface area contributed by atoms with Gasteiger partial charge in [0.2, 0.25) is 11.8 Å². The van der Waals surface area contributed by atoms with E-state index in [4.69, 9.17) is 5.26 Å². The summed E-state index contributed by atoms with van der Waals surface area (Å²) < 4.78 is 41.2. The van der Waals surface area contributed by atoms with Gasteiger partial charge in [-0.25, -0.2) is 4.98 Å². The van der Waals surface area contributed by atoms with E-state index in [-0.39, 0.29) is 29.7 Å². The number of imide groups is 2. The molecule has 0 bridgehead atoms. The molecule has 1 saturated heterocycles. The number of carbonyl (C=O) groups excluding carboxylic acids is 5. The fourth-order valence-electron chi connectivity index (χ4n) is 4.65. The molecule has 1 fully saturated rings. The van der Waals surface area contributed by atoms with Crippen LogP contribution in [0.1, 0.15) is 58.7 Å². The van der Waals surface area contributed by atoms with Crippen LogP contribution in [0.5, 0.6) is 0 Å². The molecule has 2 aromatic heterocycles. The lowest BCUT2D eigenvalue weighted by molar-refractivity contribution is -0.138. The van der Waals surface area contributed by atoms with Gasteiger partial charge in [-0.05, 0) is 44.0 Å². The molecule has 214 valence electrons. The average molecular weight is 579 g/mol. The van der Waals surface area contributed by atoms with Crippen molar-refractivity contribution in [2.45, 2.75) is 44.4 Å². The number of alkyl halides is 3. The molecule has 15 heteroatoms. The molecule has 3 aromatic rings. The molecular weight excluding hydrogens is 559 g/mol. The first-order valence-electron chi connectivity index (χ1n) is 12.4. The van der Waals surface area contributed by atoms with Gasteiger partial charge in [-0.2, -0.15) is 23.5 Å². The van der Waals surface area contributed by atoms with Crippen LogP contribution < -0.4 is 10.6 Å². The van der Waals surface area contributed by atoms with Gasteiger partial charge in [0.15, 0.2) is 5.69 Å². The average Bonchev–Trinajstić information content (AvgIpc) is 3.52. The number of nitrogens with zero attached hydrogens (tertiary/aromatic N) is 5. The highest BCUT2D eigenvalue weighted by Gasteiger charge is 2.44. The summed E-state index contributed by atoms with van der Waals surface area (Å²) in [5, 5.41) is 17.6. The van der Waals surface area contributed by atoms with E-state index in [0.29, 0.717) is 17.2 Å². The zero-order chi connectivity index (χ0) is 30.6. The number of fused-ring (bicyclic) bond motifs is 1. The molecule has 0 radical (unpaired) electrons. The molecule has 2 N–H and O–H groups in total. The third kappa shape index (κ3) is 4.76. The first-order chi connectivity index (χ1) is 19.7. The number of benzene rings is 1. The van der Waals surface area contributed by atoms with Crippen LogP contribution in [-0.2, 0) is 26.1 Å². The second-order valence-electron chi connectivity index (χ2n) is 10.1. The highest BCUT2D eigenvalue weighted by molar-refractivity contribution is 6.23. The number of aromatic nitrogens is 3. The number of halogens is 3. The van der Waals surface area contributed by atoms with Crippen LogP contribution in [-0.4, -0.2) is 55.2 Å². The van der Waals surface area contributed by atoms with E-state index in [1.54, 1.807) is 6.07 Å². The molecule has 42 heavy (non-hydrogen) atoms. The molecule has 5 rings (SSSR count). The van der Waals surface area contributed by atoms with E-state index in [0.717, 1.165) is 11.1 Å². The van der Waals surface area contributed by atoms with Crippen molar-refractivity contribution in [1.82, 2.24) is 25.0 Å². The Kier molecular flexibility index (Phi) is 6.64. The molecule has 1 atom stereocenters. The van der Waals surface area contributed by atoms with E-state index >= 15 is 0 Å². The van der Waals surface area contributed by atoms with E-state index in [9.17, 15) is 37.1 Å². The summed E-state index contributed by atoms with van der Waals surface area (Å²) in [6, 6.07) is 5.33. The quantitative estimate of drug-likeness (QED) is 0.435. The summed E-state index contributed by atoms with van der Waals surface area (Å²) >= 11 is 0. The topological polar surface area (TPSA) is 167 Å². The Hall–Kier alpha value is -5.39. The number of rotatable bonds is 5. The van der Waals surface area contributed by atoms with Crippen LogP contribution in [0.4, 0.5) is 18.9 Å². The standard InChI is InChI=1S/C27H20F3N7O5/c1-26(2,25(42)34-15-8-18(27(28,29)30)19(9-31)32-11-15)36-12-14(10-33-36)13-3-4-16-17(7-13)24(41)37(23(16)40)20-5-6-21(38)35-22(20)39/h3-4,7-8,10-12,20H,5-6H2,1-2H3,(H,34,42)(H,35,38,39). The van der Waals surface area contributed by atoms with Crippen molar-refractivity contribution < 1.29 is 37.1 Å². The lowest BCUT2D eigenvalue weighted by Gasteiger charge is -2.27. The maximum Gasteiger partial charge on any atom is 0.419 e. The Balaban J connectivity index is 1.37. The van der Waals surface area contributed by atoms with Crippen LogP contribution in [0.15, 0.2) is 42.9 Å². The smallest absolute Gasteiger partial charge is 0.323 e. The second kappa shape index (κ2) is 9.91. The third-order valence-electron chi connectivity index (χ3n) is 7.04. The van der Waals surface area contributed by atoms with Crippen molar-refractivity contribution in [3.63, 3.8) is 0 Å². The number of carbonyl (C=O) groups is 5. The molecule has 1 aromatic carbocycles. The molecule has 1 unspecified atom stereocenters. The van der Waals surface area contributed by atoms with Crippen molar-refractivity contribution >= 4 is 35.2 Å². The minimum atomic E-state index is -4.86. The number of piperidine rings is 1. The van der Waals surface area contributed by atoms with Crippen LogP contribution >= 0.6 is 0 Å². The summed E-state index contributed by atoms with van der Waals surface area (Å²) in [6.45, 7) is 2.95. The Bertz CT molecular complexity index is 1740. The van der Waals surface area contributed by atoms with Crippen LogP contribution in [0.25, 0.3) is 11.1 Å². The highest BCUT2D eigenvalue weighted by Crippen LogP contribution is 2.34. The number of nitrogens with one attached hydrogen (secondary N) is 2. The number of hydrogen-bond donors (Lipinski definition) is 2. The maximum atomic E-state index is 13.3. The normalized spacial score (nSPS) is 17.1. The SMILES string of the molecule is CC(C)(C(=O)Nc1cnc(C#N)c(C(F)(F)F)c1)n1cc(-c2ccc3c(c2)C(=O)N(C2CCC(=O)NC2=O)C3=O)cn1. The zero-order valence-corrected chi connectivity index (χ0v) is 21.9. The minimum Gasteiger partial charge on any atom is -0.323 e. The van der Waals surface area contributed by atoms with Crippen LogP contribution in [0.3, 0.4) is 0 Å². The van der Waals surface area contributed by atoms with Crippen molar-refractivity contribution in [3.05, 3.63) is 65.2 Å². The van der Waals surface area contributed by atoms with Gasteiger partial charge in [0.1, 0.15) is 17.6 Å². The minimum absolute atomic E-state index is 0.0111. The molecule has 12 nitrogen and oxygen atoms in total. The predicted molar refractivity (Wildman–Crippen MR) is 136 cm³/mol. The molecular formula is C27H20F3N7O5. The Morgan fingerprint density at radius 2 is 1.79 bits per heavy atom. The lowest BCUT2D eigenvalue weighted by Crippen LogP contribution is -2.54. The van der Waals surface area contributed by atoms with Gasteiger partial charge < -0.3 is 5.32 Å². The molecule has 0 saturated carbocycles. The van der Waals surface area contributed by atoms with E-state index < -0.39 is 58.6 Å². The van der Waals surface area contributed by atoms with E-state index in [2.05, 4.69) is 20.7 Å². The lowest BCUT2D eigenvalue weighted by atomic mass is 10.0. The molecule has 4 heterocycles. The Morgan fingerprint density at radius 1 is 1.07 bits per heavy atom. The molecule has 2 aliphatic rings. The number of anilines is 1. The van der Waals surface area contributed by atoms with Gasteiger partial charge in [-0.15, -0.1) is 0 Å². The highest BCUT2D eigenvalue weighted by atomic mass is 19.4. The number of hydrogen-bond acceptors (Lipinski definition) is 8. The van der Waals surface area contributed by atoms with Crippen molar-refractivity contribution in [3.8, 4) is 17.2 Å². The Morgan fingerprint density at radius 3 is 2.45 bits per heavy atom. The molecule has 0 aliphatic carbocycles. The summed E-state index contributed by atoms with van der Waals surface area (Å²) in [4.78, 5) is 67.3. The van der Waals surface area contributed by atoms with E-state index in [1.165, 1.54) is 49.1 Å². The zero-order valence-electron chi connectivity index (χ0n) is 21.9. The first-order valence-corrected chi connectivity index (χ1v) is 12.4. The van der Waals surface area contributed by atoms with Gasteiger partial charge in [0.25, 0.3) is 17.7 Å². The summed E-state index contributed by atoms with van der Waals surface area (Å²) in [5.41, 5.74) is -2.74. The summed E-state index contributed by atoms with van der Waals surface area (Å²) in [7, 11) is 0. The fraction of sp³-hybridized carbons (Fsp3) is 0.259. The number of nitriles is 1. The fourth-order valence-corrected chi connectivity index (χ4v) is 4.65. The van der Waals surface area contributed by atoms with Gasteiger partial charge >= 0.3 is 6.18 Å². The van der Waals surface area contributed by atoms with Crippen LogP contribution in [0, 0.1) is 11.3 Å². The molecule has 0 spiro atoms. The third-order valence-corrected chi connectivity index (χ3v) is 7.04. The van der Waals surface area contributed by atoms with Crippen LogP contribution in [0.2, 0.25) is 0 Å². The van der Waals surface area contributed by atoms with Crippen molar-refractivity contribution in [2.24, 2.45) is 0 Å². The van der Waals surface area contributed by atoms with Gasteiger partial charge in [-0.1, -0.05) is 6.07 Å². The van der Waals surface area contributed by atoms with Crippen molar-refractivity contribution in [1.29, 1.82) is 5.26 Å². The monoisotopic (exact) mass is 579 g/mol. The number of pyridine rings is 1. The summed E-state index contributed by atoms with van der Waals surface area (Å²) in [5.74, 6) is -3.29. The predicted octanol–water partition coefficient (Wildman–Crippen LogP) is 2.61.